The lowest BCUT2D eigenvalue weighted by Crippen LogP contribution is -2.05. The number of aromatic hydroxyl groups is 2. The Morgan fingerprint density at radius 3 is 2.11 bits per heavy atom. The van der Waals surface area contributed by atoms with Crippen LogP contribution in [0.15, 0.2) is 46.2 Å². The molecule has 0 radical (unpaired) electrons. The van der Waals surface area contributed by atoms with Crippen LogP contribution in [-0.4, -0.2) is 18.6 Å². The fraction of sp³-hybridized carbons (Fsp3) is 0.143. The fourth-order valence-corrected chi connectivity index (χ4v) is 3.67. The number of phenolic OH excluding ortho intramolecular Hbond substituents is 2. The van der Waals surface area contributed by atoms with Crippen molar-refractivity contribution in [3.05, 3.63) is 47.5 Å². The second kappa shape index (κ2) is 4.59. The maximum atomic E-state index is 12.5. The van der Waals surface area contributed by atoms with Gasteiger partial charge >= 0.3 is 0 Å². The molecule has 0 aliphatic heterocycles. The molecular weight excluding hydrogens is 264 g/mol. The van der Waals surface area contributed by atoms with Crippen LogP contribution in [-0.2, 0) is 9.84 Å². The summed E-state index contributed by atoms with van der Waals surface area (Å²) in [5.74, 6) is -0.606. The predicted molar refractivity (Wildman–Crippen MR) is 71.1 cm³/mol. The summed E-state index contributed by atoms with van der Waals surface area (Å²) < 4.78 is 25.1. The number of hydrogen-bond acceptors (Lipinski definition) is 4. The molecule has 0 atom stereocenters. The second-order valence-corrected chi connectivity index (χ2v) is 6.20. The van der Waals surface area contributed by atoms with Gasteiger partial charge in [-0.05, 0) is 37.1 Å². The Morgan fingerprint density at radius 2 is 1.47 bits per heavy atom. The zero-order chi connectivity index (χ0) is 14.2. The number of hydrogen-bond donors (Lipinski definition) is 2. The minimum Gasteiger partial charge on any atom is -0.507 e. The van der Waals surface area contributed by atoms with E-state index in [0.717, 1.165) is 0 Å². The first-order chi connectivity index (χ1) is 8.85. The SMILES string of the molecule is Cc1cccc(S(=O)(=O)c2c(C)cccc2O)c1O. The lowest BCUT2D eigenvalue weighted by molar-refractivity contribution is 0.450. The molecule has 2 N–H and O–H groups in total. The van der Waals surface area contributed by atoms with Gasteiger partial charge in [0.15, 0.2) is 0 Å². The largest absolute Gasteiger partial charge is 0.507 e. The van der Waals surface area contributed by atoms with Gasteiger partial charge in [-0.15, -0.1) is 0 Å². The van der Waals surface area contributed by atoms with Crippen molar-refractivity contribution < 1.29 is 18.6 Å². The van der Waals surface area contributed by atoms with Gasteiger partial charge in [0, 0.05) is 0 Å². The maximum absolute atomic E-state index is 12.5. The van der Waals surface area contributed by atoms with Gasteiger partial charge in [-0.2, -0.15) is 0 Å². The van der Waals surface area contributed by atoms with Gasteiger partial charge in [-0.1, -0.05) is 24.3 Å². The van der Waals surface area contributed by atoms with Gasteiger partial charge in [0.1, 0.15) is 21.3 Å². The van der Waals surface area contributed by atoms with Crippen LogP contribution < -0.4 is 0 Å². The van der Waals surface area contributed by atoms with Gasteiger partial charge in [-0.25, -0.2) is 8.42 Å². The van der Waals surface area contributed by atoms with Gasteiger partial charge in [0.05, 0.1) is 0 Å². The van der Waals surface area contributed by atoms with E-state index in [1.54, 1.807) is 38.1 Å². The normalized spacial score (nSPS) is 11.5. The molecule has 0 aromatic heterocycles. The molecule has 0 bridgehead atoms. The van der Waals surface area contributed by atoms with Gasteiger partial charge in [0.2, 0.25) is 9.84 Å². The minimum absolute atomic E-state index is 0.170. The number of aryl methyl sites for hydroxylation is 2. The highest BCUT2D eigenvalue weighted by molar-refractivity contribution is 7.91. The summed E-state index contributed by atoms with van der Waals surface area (Å²) in [5, 5.41) is 19.7. The number of phenols is 2. The van der Waals surface area contributed by atoms with Gasteiger partial charge < -0.3 is 10.2 Å². The number of benzene rings is 2. The van der Waals surface area contributed by atoms with Crippen LogP contribution in [0.25, 0.3) is 0 Å². The topological polar surface area (TPSA) is 74.6 Å². The molecule has 2 aromatic carbocycles. The Hall–Kier alpha value is -2.01. The average Bonchev–Trinajstić information content (AvgIpc) is 2.32. The van der Waals surface area contributed by atoms with Gasteiger partial charge in [-0.3, -0.25) is 0 Å². The Bertz CT molecular complexity index is 713. The lowest BCUT2D eigenvalue weighted by atomic mass is 10.2. The number of rotatable bonds is 2. The molecule has 0 fully saturated rings. The van der Waals surface area contributed by atoms with Crippen molar-refractivity contribution in [3.63, 3.8) is 0 Å². The first kappa shape index (κ1) is 13.4. The monoisotopic (exact) mass is 278 g/mol. The number of sulfone groups is 1. The van der Waals surface area contributed by atoms with Crippen LogP contribution in [0.4, 0.5) is 0 Å². The van der Waals surface area contributed by atoms with E-state index < -0.39 is 9.84 Å². The standard InChI is InChI=1S/C14H14O4S/c1-9-5-4-8-12(13(9)16)19(17,18)14-10(2)6-3-7-11(14)15/h3-8,15-16H,1-2H3. The van der Waals surface area contributed by atoms with Crippen molar-refractivity contribution >= 4 is 9.84 Å². The van der Waals surface area contributed by atoms with Crippen LogP contribution >= 0.6 is 0 Å². The van der Waals surface area contributed by atoms with Crippen molar-refractivity contribution in [2.45, 2.75) is 23.6 Å². The van der Waals surface area contributed by atoms with Crippen LogP contribution in [0.5, 0.6) is 11.5 Å². The zero-order valence-electron chi connectivity index (χ0n) is 10.6. The summed E-state index contributed by atoms with van der Waals surface area (Å²) >= 11 is 0. The predicted octanol–water partition coefficient (Wildman–Crippen LogP) is 2.55. The first-order valence-electron chi connectivity index (χ1n) is 5.68. The third-order valence-electron chi connectivity index (χ3n) is 2.95. The molecule has 0 heterocycles. The van der Waals surface area contributed by atoms with Crippen LogP contribution in [0.3, 0.4) is 0 Å². The fourth-order valence-electron chi connectivity index (χ4n) is 1.95. The maximum Gasteiger partial charge on any atom is 0.214 e. The van der Waals surface area contributed by atoms with Crippen molar-refractivity contribution in [1.82, 2.24) is 0 Å². The molecule has 0 saturated heterocycles. The highest BCUT2D eigenvalue weighted by Gasteiger charge is 2.26. The van der Waals surface area contributed by atoms with Gasteiger partial charge in [0.25, 0.3) is 0 Å². The smallest absolute Gasteiger partial charge is 0.214 e. The molecule has 100 valence electrons. The molecular formula is C14H14O4S. The lowest BCUT2D eigenvalue weighted by Gasteiger charge is -2.11. The van der Waals surface area contributed by atoms with E-state index in [4.69, 9.17) is 0 Å². The molecule has 0 saturated carbocycles. The van der Waals surface area contributed by atoms with E-state index in [1.807, 2.05) is 0 Å². The van der Waals surface area contributed by atoms with E-state index in [1.165, 1.54) is 12.1 Å². The highest BCUT2D eigenvalue weighted by Crippen LogP contribution is 2.36. The second-order valence-electron chi connectivity index (χ2n) is 4.35. The summed E-state index contributed by atoms with van der Waals surface area (Å²) in [5.41, 5.74) is 0.898. The van der Waals surface area contributed by atoms with Crippen molar-refractivity contribution in [3.8, 4) is 11.5 Å². The van der Waals surface area contributed by atoms with Crippen LogP contribution in [0, 0.1) is 13.8 Å². The van der Waals surface area contributed by atoms with Crippen LogP contribution in [0.1, 0.15) is 11.1 Å². The summed E-state index contributed by atoms with van der Waals surface area (Å²) in [6.07, 6.45) is 0. The minimum atomic E-state index is -3.95. The molecule has 19 heavy (non-hydrogen) atoms. The summed E-state index contributed by atoms with van der Waals surface area (Å²) in [4.78, 5) is -0.368. The molecule has 0 amide bonds. The van der Waals surface area contributed by atoms with Crippen molar-refractivity contribution in [1.29, 1.82) is 0 Å². The first-order valence-corrected chi connectivity index (χ1v) is 7.16. The third kappa shape index (κ3) is 2.17. The molecule has 0 unspecified atom stereocenters. The quantitative estimate of drug-likeness (QED) is 0.885. The van der Waals surface area contributed by atoms with E-state index in [2.05, 4.69) is 0 Å². The summed E-state index contributed by atoms with van der Waals surface area (Å²) in [6, 6.07) is 8.97. The third-order valence-corrected chi connectivity index (χ3v) is 4.93. The van der Waals surface area contributed by atoms with E-state index >= 15 is 0 Å². The van der Waals surface area contributed by atoms with E-state index in [0.29, 0.717) is 11.1 Å². The van der Waals surface area contributed by atoms with Crippen molar-refractivity contribution in [2.24, 2.45) is 0 Å². The molecule has 4 nitrogen and oxygen atoms in total. The Kier molecular flexibility index (Phi) is 3.24. The highest BCUT2D eigenvalue weighted by atomic mass is 32.2. The Balaban J connectivity index is 2.77. The van der Waals surface area contributed by atoms with Crippen LogP contribution in [0.2, 0.25) is 0 Å². The summed E-state index contributed by atoms with van der Waals surface area (Å²) in [6.45, 7) is 3.21. The molecule has 2 aromatic rings. The average molecular weight is 278 g/mol. The molecule has 2 rings (SSSR count). The zero-order valence-corrected chi connectivity index (χ0v) is 11.4. The molecule has 0 spiro atoms. The van der Waals surface area contributed by atoms with E-state index in [-0.39, 0.29) is 21.3 Å². The summed E-state index contributed by atoms with van der Waals surface area (Å²) in [7, 11) is -3.95. The number of para-hydroxylation sites is 1. The van der Waals surface area contributed by atoms with E-state index in [9.17, 15) is 18.6 Å². The Morgan fingerprint density at radius 1 is 0.895 bits per heavy atom. The molecule has 0 aliphatic carbocycles. The Labute approximate surface area is 111 Å². The molecule has 0 aliphatic rings. The molecule has 5 heteroatoms. The van der Waals surface area contributed by atoms with Crippen molar-refractivity contribution in [2.75, 3.05) is 0 Å².